The first-order valence-electron chi connectivity index (χ1n) is 7.57. The standard InChI is InChI=1S/C18H12Cl4N2O2S/c1-25-16-8-23-18(27-9-10-2-4-12(20)13(21)6-10)24-17(16)26-15-5-3-11(19)7-14(15)22/h2-8H,9H2,1H3. The van der Waals surface area contributed by atoms with Crippen LogP contribution in [-0.4, -0.2) is 17.1 Å². The van der Waals surface area contributed by atoms with Gasteiger partial charge in [0.05, 0.1) is 28.4 Å². The van der Waals surface area contributed by atoms with Crippen LogP contribution in [-0.2, 0) is 5.75 Å². The number of halogens is 4. The highest BCUT2D eigenvalue weighted by Gasteiger charge is 2.13. The molecular formula is C18H12Cl4N2O2S. The van der Waals surface area contributed by atoms with Crippen LogP contribution in [0.5, 0.6) is 17.4 Å². The zero-order chi connectivity index (χ0) is 19.4. The highest BCUT2D eigenvalue weighted by molar-refractivity contribution is 7.98. The van der Waals surface area contributed by atoms with Crippen molar-refractivity contribution in [3.05, 3.63) is 68.2 Å². The van der Waals surface area contributed by atoms with Crippen LogP contribution >= 0.6 is 58.2 Å². The fourth-order valence-electron chi connectivity index (χ4n) is 2.06. The van der Waals surface area contributed by atoms with Gasteiger partial charge in [0.15, 0.2) is 10.9 Å². The predicted molar refractivity (Wildman–Crippen MR) is 111 cm³/mol. The van der Waals surface area contributed by atoms with Gasteiger partial charge in [-0.15, -0.1) is 0 Å². The van der Waals surface area contributed by atoms with Gasteiger partial charge >= 0.3 is 0 Å². The highest BCUT2D eigenvalue weighted by atomic mass is 35.5. The molecule has 0 saturated heterocycles. The Balaban J connectivity index is 1.79. The van der Waals surface area contributed by atoms with E-state index in [9.17, 15) is 0 Å². The van der Waals surface area contributed by atoms with Crippen molar-refractivity contribution in [2.45, 2.75) is 10.9 Å². The number of rotatable bonds is 6. The molecule has 3 aromatic rings. The maximum Gasteiger partial charge on any atom is 0.266 e. The molecule has 1 heterocycles. The van der Waals surface area contributed by atoms with E-state index in [1.54, 1.807) is 30.5 Å². The summed E-state index contributed by atoms with van der Waals surface area (Å²) in [6, 6.07) is 10.4. The van der Waals surface area contributed by atoms with Gasteiger partial charge in [0.1, 0.15) is 5.75 Å². The molecule has 4 nitrogen and oxygen atoms in total. The number of aromatic nitrogens is 2. The summed E-state index contributed by atoms with van der Waals surface area (Å²) in [7, 11) is 1.51. The molecule has 0 saturated carbocycles. The van der Waals surface area contributed by atoms with E-state index in [4.69, 9.17) is 55.9 Å². The molecule has 0 aliphatic heterocycles. The van der Waals surface area contributed by atoms with Gasteiger partial charge in [0.2, 0.25) is 0 Å². The van der Waals surface area contributed by atoms with Crippen molar-refractivity contribution >= 4 is 58.2 Å². The predicted octanol–water partition coefficient (Wildman–Crippen LogP) is 7.18. The van der Waals surface area contributed by atoms with E-state index in [0.29, 0.717) is 42.5 Å². The van der Waals surface area contributed by atoms with Crippen molar-refractivity contribution in [3.8, 4) is 17.4 Å². The lowest BCUT2D eigenvalue weighted by Crippen LogP contribution is -1.97. The Morgan fingerprint density at radius 1 is 0.926 bits per heavy atom. The lowest BCUT2D eigenvalue weighted by Gasteiger charge is -2.11. The molecule has 0 radical (unpaired) electrons. The van der Waals surface area contributed by atoms with Crippen LogP contribution in [0.2, 0.25) is 20.1 Å². The SMILES string of the molecule is COc1cnc(SCc2ccc(Cl)c(Cl)c2)nc1Oc1ccc(Cl)cc1Cl. The Hall–Kier alpha value is -1.37. The van der Waals surface area contributed by atoms with Crippen LogP contribution in [0.3, 0.4) is 0 Å². The molecule has 1 aromatic heterocycles. The Morgan fingerprint density at radius 2 is 1.74 bits per heavy atom. The average molecular weight is 462 g/mol. The molecule has 3 rings (SSSR count). The summed E-state index contributed by atoms with van der Waals surface area (Å²) in [4.78, 5) is 8.69. The van der Waals surface area contributed by atoms with E-state index in [1.807, 2.05) is 12.1 Å². The van der Waals surface area contributed by atoms with Gasteiger partial charge in [-0.05, 0) is 35.9 Å². The Labute approximate surface area is 180 Å². The molecular weight excluding hydrogens is 450 g/mol. The van der Waals surface area contributed by atoms with E-state index in [0.717, 1.165) is 5.56 Å². The zero-order valence-corrected chi connectivity index (χ0v) is 17.7. The number of hydrogen-bond donors (Lipinski definition) is 0. The largest absolute Gasteiger partial charge is 0.490 e. The van der Waals surface area contributed by atoms with E-state index in [1.165, 1.54) is 18.9 Å². The molecule has 0 bridgehead atoms. The van der Waals surface area contributed by atoms with Crippen LogP contribution in [0.1, 0.15) is 5.56 Å². The van der Waals surface area contributed by atoms with Crippen LogP contribution in [0, 0.1) is 0 Å². The maximum atomic E-state index is 6.16. The number of nitrogens with zero attached hydrogens (tertiary/aromatic N) is 2. The number of benzene rings is 2. The minimum atomic E-state index is 0.258. The molecule has 140 valence electrons. The van der Waals surface area contributed by atoms with Gasteiger partial charge in [0.25, 0.3) is 5.88 Å². The maximum absolute atomic E-state index is 6.16. The number of thioether (sulfide) groups is 1. The van der Waals surface area contributed by atoms with Crippen molar-refractivity contribution in [1.29, 1.82) is 0 Å². The summed E-state index contributed by atoms with van der Waals surface area (Å²) in [5.41, 5.74) is 0.997. The van der Waals surface area contributed by atoms with Gasteiger partial charge in [-0.2, -0.15) is 4.98 Å². The van der Waals surface area contributed by atoms with Gasteiger partial charge in [0, 0.05) is 10.8 Å². The average Bonchev–Trinajstić information content (AvgIpc) is 2.65. The number of methoxy groups -OCH3 is 1. The first kappa shape index (κ1) is 20.4. The molecule has 9 heteroatoms. The first-order valence-corrected chi connectivity index (χ1v) is 10.1. The fourth-order valence-corrected chi connectivity index (χ4v) is 3.58. The van der Waals surface area contributed by atoms with Crippen molar-refractivity contribution in [2.24, 2.45) is 0 Å². The third kappa shape index (κ3) is 5.33. The van der Waals surface area contributed by atoms with Gasteiger partial charge in [-0.1, -0.05) is 64.2 Å². The van der Waals surface area contributed by atoms with Crippen molar-refractivity contribution < 1.29 is 9.47 Å². The van der Waals surface area contributed by atoms with Crippen LogP contribution in [0.25, 0.3) is 0 Å². The molecule has 0 fully saturated rings. The molecule has 2 aromatic carbocycles. The third-order valence-electron chi connectivity index (χ3n) is 3.37. The quantitative estimate of drug-likeness (QED) is 0.287. The molecule has 0 aliphatic carbocycles. The van der Waals surface area contributed by atoms with Gasteiger partial charge in [-0.3, -0.25) is 0 Å². The molecule has 0 atom stereocenters. The van der Waals surface area contributed by atoms with Crippen molar-refractivity contribution in [1.82, 2.24) is 9.97 Å². The summed E-state index contributed by atoms with van der Waals surface area (Å²) in [6.45, 7) is 0. The Bertz CT molecular complexity index is 972. The molecule has 0 unspecified atom stereocenters. The molecule has 0 N–H and O–H groups in total. The van der Waals surface area contributed by atoms with E-state index < -0.39 is 0 Å². The second-order valence-corrected chi connectivity index (χ2v) is 7.84. The molecule has 27 heavy (non-hydrogen) atoms. The van der Waals surface area contributed by atoms with Crippen molar-refractivity contribution in [3.63, 3.8) is 0 Å². The smallest absolute Gasteiger partial charge is 0.266 e. The molecule has 0 aliphatic rings. The number of hydrogen-bond acceptors (Lipinski definition) is 5. The van der Waals surface area contributed by atoms with Crippen LogP contribution in [0.15, 0.2) is 47.8 Å². The van der Waals surface area contributed by atoms with Gasteiger partial charge < -0.3 is 9.47 Å². The zero-order valence-electron chi connectivity index (χ0n) is 13.9. The summed E-state index contributed by atoms with van der Waals surface area (Å²) in [5.74, 6) is 1.68. The Morgan fingerprint density at radius 3 is 2.44 bits per heavy atom. The summed E-state index contributed by atoms with van der Waals surface area (Å²) < 4.78 is 11.1. The minimum Gasteiger partial charge on any atom is -0.490 e. The second-order valence-electron chi connectivity index (χ2n) is 5.24. The van der Waals surface area contributed by atoms with E-state index in [2.05, 4.69) is 9.97 Å². The van der Waals surface area contributed by atoms with Crippen LogP contribution < -0.4 is 9.47 Å². The third-order valence-corrected chi connectivity index (χ3v) is 5.57. The molecule has 0 amide bonds. The Kier molecular flexibility index (Phi) is 6.95. The summed E-state index contributed by atoms with van der Waals surface area (Å²) in [6.07, 6.45) is 1.54. The highest BCUT2D eigenvalue weighted by Crippen LogP contribution is 2.36. The lowest BCUT2D eigenvalue weighted by molar-refractivity contribution is 0.363. The first-order chi connectivity index (χ1) is 13.0. The fraction of sp³-hybridized carbons (Fsp3) is 0.111. The monoisotopic (exact) mass is 460 g/mol. The molecule has 0 spiro atoms. The lowest BCUT2D eigenvalue weighted by atomic mass is 10.2. The summed E-state index contributed by atoms with van der Waals surface area (Å²) >= 11 is 25.5. The normalized spacial score (nSPS) is 10.7. The number of ether oxygens (including phenoxy) is 2. The second kappa shape index (κ2) is 9.22. The van der Waals surface area contributed by atoms with E-state index in [-0.39, 0.29) is 5.88 Å². The van der Waals surface area contributed by atoms with Gasteiger partial charge in [-0.25, -0.2) is 4.98 Å². The minimum absolute atomic E-state index is 0.258. The topological polar surface area (TPSA) is 44.2 Å². The van der Waals surface area contributed by atoms with Crippen LogP contribution in [0.4, 0.5) is 0 Å². The summed E-state index contributed by atoms with van der Waals surface area (Å²) in [5, 5.41) is 2.42. The van der Waals surface area contributed by atoms with E-state index >= 15 is 0 Å². The van der Waals surface area contributed by atoms with Crippen molar-refractivity contribution in [2.75, 3.05) is 7.11 Å².